The summed E-state index contributed by atoms with van der Waals surface area (Å²) in [5.41, 5.74) is 5.80. The van der Waals surface area contributed by atoms with Gasteiger partial charge in [-0.15, -0.1) is 0 Å². The Bertz CT molecular complexity index is 550. The third kappa shape index (κ3) is 3.02. The lowest BCUT2D eigenvalue weighted by Crippen LogP contribution is -2.51. The maximum atomic E-state index is 14.3. The van der Waals surface area contributed by atoms with Crippen LogP contribution in [0.3, 0.4) is 0 Å². The molecule has 0 aliphatic carbocycles. The molecule has 1 aliphatic rings. The largest absolute Gasteiger partial charge is 0.493 e. The summed E-state index contributed by atoms with van der Waals surface area (Å²) in [5.74, 6) is -0.0523. The van der Waals surface area contributed by atoms with E-state index < -0.39 is 5.82 Å². The molecular weight excluding hydrogens is 287 g/mol. The van der Waals surface area contributed by atoms with Crippen LogP contribution < -0.4 is 15.2 Å². The highest BCUT2D eigenvalue weighted by atomic mass is 19.1. The van der Waals surface area contributed by atoms with Gasteiger partial charge in [-0.2, -0.15) is 0 Å². The van der Waals surface area contributed by atoms with Crippen LogP contribution in [0.15, 0.2) is 12.1 Å². The second-order valence-corrected chi connectivity index (χ2v) is 5.61. The minimum atomic E-state index is -0.614. The first-order chi connectivity index (χ1) is 10.5. The third-order valence-electron chi connectivity index (χ3n) is 4.32. The fourth-order valence-electron chi connectivity index (χ4n) is 3.03. The number of piperidine rings is 1. The van der Waals surface area contributed by atoms with Gasteiger partial charge in [0.05, 0.1) is 19.8 Å². The SMILES string of the molecule is COc1cc(F)c(C(=O)N2CCCC(C)C2CN)cc1OC. The predicted molar refractivity (Wildman–Crippen MR) is 81.8 cm³/mol. The number of ether oxygens (including phenoxy) is 2. The summed E-state index contributed by atoms with van der Waals surface area (Å²) in [6.45, 7) is 3.04. The zero-order valence-electron chi connectivity index (χ0n) is 13.3. The normalized spacial score (nSPS) is 21.6. The third-order valence-corrected chi connectivity index (χ3v) is 4.32. The lowest BCUT2D eigenvalue weighted by atomic mass is 9.90. The Labute approximate surface area is 130 Å². The molecule has 2 rings (SSSR count). The van der Waals surface area contributed by atoms with Gasteiger partial charge in [0.2, 0.25) is 0 Å². The van der Waals surface area contributed by atoms with Crippen molar-refractivity contribution in [3.63, 3.8) is 0 Å². The molecule has 122 valence electrons. The Hall–Kier alpha value is -1.82. The number of carbonyl (C=O) groups excluding carboxylic acids is 1. The summed E-state index contributed by atoms with van der Waals surface area (Å²) in [7, 11) is 2.88. The molecule has 0 radical (unpaired) electrons. The zero-order valence-corrected chi connectivity index (χ0v) is 13.3. The summed E-state index contributed by atoms with van der Waals surface area (Å²) < 4.78 is 24.5. The van der Waals surface area contributed by atoms with E-state index in [1.165, 1.54) is 26.4 Å². The van der Waals surface area contributed by atoms with Crippen molar-refractivity contribution in [2.75, 3.05) is 27.3 Å². The minimum absolute atomic E-state index is 0.00907. The molecule has 22 heavy (non-hydrogen) atoms. The second kappa shape index (κ2) is 6.96. The maximum Gasteiger partial charge on any atom is 0.257 e. The van der Waals surface area contributed by atoms with Crippen LogP contribution >= 0.6 is 0 Å². The molecule has 2 unspecified atom stereocenters. The molecule has 1 fully saturated rings. The molecule has 1 aromatic rings. The number of carbonyl (C=O) groups is 1. The summed E-state index contributed by atoms with van der Waals surface area (Å²) in [6.07, 6.45) is 1.93. The molecule has 5 nitrogen and oxygen atoms in total. The first kappa shape index (κ1) is 16.5. The minimum Gasteiger partial charge on any atom is -0.493 e. The molecule has 1 amide bonds. The molecule has 0 spiro atoms. The lowest BCUT2D eigenvalue weighted by molar-refractivity contribution is 0.0527. The Balaban J connectivity index is 2.36. The van der Waals surface area contributed by atoms with Crippen molar-refractivity contribution in [3.8, 4) is 11.5 Å². The molecule has 0 aromatic heterocycles. The molecule has 2 N–H and O–H groups in total. The van der Waals surface area contributed by atoms with Crippen LogP contribution in [-0.2, 0) is 0 Å². The highest BCUT2D eigenvalue weighted by Gasteiger charge is 2.32. The van der Waals surface area contributed by atoms with E-state index in [0.717, 1.165) is 12.8 Å². The van der Waals surface area contributed by atoms with Crippen LogP contribution in [0.5, 0.6) is 11.5 Å². The van der Waals surface area contributed by atoms with Gasteiger partial charge in [0.25, 0.3) is 5.91 Å². The predicted octanol–water partition coefficient (Wildman–Crippen LogP) is 2.04. The van der Waals surface area contributed by atoms with Gasteiger partial charge in [-0.3, -0.25) is 4.79 Å². The van der Waals surface area contributed by atoms with Gasteiger partial charge in [-0.1, -0.05) is 6.92 Å². The number of halogens is 1. The number of nitrogens with two attached hydrogens (primary N) is 1. The Morgan fingerprint density at radius 1 is 1.36 bits per heavy atom. The van der Waals surface area contributed by atoms with Crippen molar-refractivity contribution in [1.82, 2.24) is 4.90 Å². The summed E-state index contributed by atoms with van der Waals surface area (Å²) in [5, 5.41) is 0. The number of likely N-dealkylation sites (tertiary alicyclic amines) is 1. The van der Waals surface area contributed by atoms with Gasteiger partial charge in [-0.25, -0.2) is 4.39 Å². The van der Waals surface area contributed by atoms with Crippen molar-refractivity contribution in [3.05, 3.63) is 23.5 Å². The average molecular weight is 310 g/mol. The van der Waals surface area contributed by atoms with Crippen LogP contribution in [-0.4, -0.2) is 44.2 Å². The highest BCUT2D eigenvalue weighted by Crippen LogP contribution is 2.32. The van der Waals surface area contributed by atoms with E-state index in [4.69, 9.17) is 15.2 Å². The Kier molecular flexibility index (Phi) is 5.24. The van der Waals surface area contributed by atoms with E-state index in [-0.39, 0.29) is 23.3 Å². The smallest absolute Gasteiger partial charge is 0.257 e. The average Bonchev–Trinajstić information content (AvgIpc) is 2.53. The first-order valence-corrected chi connectivity index (χ1v) is 7.46. The van der Waals surface area contributed by atoms with E-state index in [2.05, 4.69) is 6.92 Å². The molecule has 1 aliphatic heterocycles. The van der Waals surface area contributed by atoms with Crippen LogP contribution in [0.2, 0.25) is 0 Å². The van der Waals surface area contributed by atoms with Gasteiger partial charge in [-0.05, 0) is 24.8 Å². The Morgan fingerprint density at radius 2 is 2.00 bits per heavy atom. The molecule has 1 aromatic carbocycles. The van der Waals surface area contributed by atoms with Crippen molar-refractivity contribution in [1.29, 1.82) is 0 Å². The molecule has 0 saturated carbocycles. The topological polar surface area (TPSA) is 64.8 Å². The van der Waals surface area contributed by atoms with E-state index in [1.54, 1.807) is 4.90 Å². The van der Waals surface area contributed by atoms with Gasteiger partial charge in [0.1, 0.15) is 5.82 Å². The number of nitrogens with zero attached hydrogens (tertiary/aromatic N) is 1. The van der Waals surface area contributed by atoms with E-state index >= 15 is 0 Å². The number of rotatable bonds is 4. The van der Waals surface area contributed by atoms with Crippen LogP contribution in [0, 0.1) is 11.7 Å². The highest BCUT2D eigenvalue weighted by molar-refractivity contribution is 5.95. The second-order valence-electron chi connectivity index (χ2n) is 5.61. The first-order valence-electron chi connectivity index (χ1n) is 7.46. The molecule has 6 heteroatoms. The van der Waals surface area contributed by atoms with Crippen molar-refractivity contribution in [2.45, 2.75) is 25.8 Å². The van der Waals surface area contributed by atoms with Crippen LogP contribution in [0.4, 0.5) is 4.39 Å². The van der Waals surface area contributed by atoms with Crippen molar-refractivity contribution < 1.29 is 18.7 Å². The number of hydrogen-bond acceptors (Lipinski definition) is 4. The number of methoxy groups -OCH3 is 2. The van der Waals surface area contributed by atoms with Gasteiger partial charge in [0.15, 0.2) is 11.5 Å². The van der Waals surface area contributed by atoms with Crippen molar-refractivity contribution in [2.24, 2.45) is 11.7 Å². The molecule has 1 saturated heterocycles. The van der Waals surface area contributed by atoms with E-state index in [9.17, 15) is 9.18 Å². The lowest BCUT2D eigenvalue weighted by Gasteiger charge is -2.39. The van der Waals surface area contributed by atoms with Gasteiger partial charge >= 0.3 is 0 Å². The van der Waals surface area contributed by atoms with Crippen molar-refractivity contribution >= 4 is 5.91 Å². The standard InChI is InChI=1S/C16H23FN2O3/c1-10-5-4-6-19(13(10)9-18)16(20)11-7-14(21-2)15(22-3)8-12(11)17/h7-8,10,13H,4-6,9,18H2,1-3H3. The van der Waals surface area contributed by atoms with Gasteiger partial charge < -0.3 is 20.1 Å². The fraction of sp³-hybridized carbons (Fsp3) is 0.562. The number of hydrogen-bond donors (Lipinski definition) is 1. The fourth-order valence-corrected chi connectivity index (χ4v) is 3.03. The van der Waals surface area contributed by atoms with Crippen LogP contribution in [0.1, 0.15) is 30.1 Å². The number of benzene rings is 1. The molecule has 2 atom stereocenters. The summed E-state index contributed by atoms with van der Waals surface area (Å²) >= 11 is 0. The number of amides is 1. The quantitative estimate of drug-likeness (QED) is 0.924. The maximum absolute atomic E-state index is 14.3. The zero-order chi connectivity index (χ0) is 16.3. The Morgan fingerprint density at radius 3 is 2.59 bits per heavy atom. The molecule has 1 heterocycles. The van der Waals surface area contributed by atoms with E-state index in [1.807, 2.05) is 0 Å². The molecular formula is C16H23FN2O3. The summed E-state index contributed by atoms with van der Waals surface area (Å²) in [4.78, 5) is 14.4. The van der Waals surface area contributed by atoms with Gasteiger partial charge in [0, 0.05) is 25.2 Å². The van der Waals surface area contributed by atoms with Crippen LogP contribution in [0.25, 0.3) is 0 Å². The monoisotopic (exact) mass is 310 g/mol. The summed E-state index contributed by atoms with van der Waals surface area (Å²) in [6, 6.07) is 2.51. The molecule has 0 bridgehead atoms. The van der Waals surface area contributed by atoms with E-state index in [0.29, 0.717) is 24.8 Å².